The van der Waals surface area contributed by atoms with E-state index in [4.69, 9.17) is 9.26 Å². The Morgan fingerprint density at radius 3 is 2.58 bits per heavy atom. The Labute approximate surface area is 161 Å². The van der Waals surface area contributed by atoms with E-state index in [-0.39, 0.29) is 41.0 Å². The molecule has 0 bridgehead atoms. The quantitative estimate of drug-likeness (QED) is 0.422. The summed E-state index contributed by atoms with van der Waals surface area (Å²) in [5.74, 6) is 1.96. The van der Waals surface area contributed by atoms with Crippen molar-refractivity contribution in [2.75, 3.05) is 20.2 Å². The summed E-state index contributed by atoms with van der Waals surface area (Å²) in [6.45, 7) is 14.9. The van der Waals surface area contributed by atoms with Crippen molar-refractivity contribution >= 4 is 29.9 Å². The average Bonchev–Trinajstić information content (AvgIpc) is 2.96. The second-order valence-electron chi connectivity index (χ2n) is 7.07. The van der Waals surface area contributed by atoms with E-state index in [1.807, 2.05) is 13.8 Å². The van der Waals surface area contributed by atoms with Crippen molar-refractivity contribution in [3.05, 3.63) is 11.7 Å². The third-order valence-corrected chi connectivity index (χ3v) is 5.01. The lowest BCUT2D eigenvalue weighted by molar-refractivity contribution is -0.0668. The van der Waals surface area contributed by atoms with E-state index in [9.17, 15) is 0 Å². The highest BCUT2D eigenvalue weighted by atomic mass is 127. The predicted molar refractivity (Wildman–Crippen MR) is 105 cm³/mol. The number of nitrogens with zero attached hydrogens (tertiary/aromatic N) is 4. The number of aliphatic imine (C=N–C) groups is 1. The molecular formula is C16H30IN5O2. The molecule has 7 nitrogen and oxygen atoms in total. The van der Waals surface area contributed by atoms with Gasteiger partial charge in [0.1, 0.15) is 6.10 Å². The van der Waals surface area contributed by atoms with Crippen LogP contribution in [-0.2, 0) is 11.3 Å². The number of guanidine groups is 1. The molecule has 0 saturated carbocycles. The first-order valence-corrected chi connectivity index (χ1v) is 8.15. The van der Waals surface area contributed by atoms with Gasteiger partial charge in [0, 0.05) is 31.2 Å². The molecule has 1 fully saturated rings. The number of hydrogen-bond donors (Lipinski definition) is 1. The van der Waals surface area contributed by atoms with E-state index in [1.54, 1.807) is 7.05 Å². The van der Waals surface area contributed by atoms with Gasteiger partial charge in [0.25, 0.3) is 0 Å². The number of hydrogen-bond acceptors (Lipinski definition) is 5. The summed E-state index contributed by atoms with van der Waals surface area (Å²) in [4.78, 5) is 11.0. The maximum Gasteiger partial charge on any atom is 0.246 e. The Bertz CT molecular complexity index is 571. The third-order valence-electron chi connectivity index (χ3n) is 5.01. The molecule has 1 aliphatic rings. The van der Waals surface area contributed by atoms with Crippen LogP contribution in [0.15, 0.2) is 9.52 Å². The lowest BCUT2D eigenvalue weighted by Gasteiger charge is -2.62. The van der Waals surface area contributed by atoms with Crippen LogP contribution in [0.25, 0.3) is 0 Å². The summed E-state index contributed by atoms with van der Waals surface area (Å²) in [6, 6.07) is 0. The number of nitrogens with one attached hydrogen (secondary N) is 1. The molecule has 1 atom stereocenters. The molecule has 8 heteroatoms. The van der Waals surface area contributed by atoms with Gasteiger partial charge in [-0.2, -0.15) is 4.98 Å². The number of aromatic nitrogens is 2. The van der Waals surface area contributed by atoms with Gasteiger partial charge in [0.2, 0.25) is 5.89 Å². The molecule has 0 amide bonds. The lowest BCUT2D eigenvalue weighted by atomic mass is 9.65. The summed E-state index contributed by atoms with van der Waals surface area (Å²) in [5, 5.41) is 7.27. The zero-order valence-corrected chi connectivity index (χ0v) is 18.0. The van der Waals surface area contributed by atoms with Crippen molar-refractivity contribution in [2.45, 2.75) is 59.7 Å². The van der Waals surface area contributed by atoms with E-state index in [2.05, 4.69) is 53.0 Å². The zero-order valence-electron chi connectivity index (χ0n) is 15.7. The molecular weight excluding hydrogens is 421 g/mol. The van der Waals surface area contributed by atoms with Gasteiger partial charge in [-0.3, -0.25) is 4.99 Å². The highest BCUT2D eigenvalue weighted by Gasteiger charge is 2.53. The van der Waals surface area contributed by atoms with Crippen LogP contribution in [0.4, 0.5) is 0 Å². The minimum absolute atomic E-state index is 0. The molecule has 2 rings (SSSR count). The molecule has 138 valence electrons. The Morgan fingerprint density at radius 2 is 2.08 bits per heavy atom. The molecule has 0 aliphatic carbocycles. The van der Waals surface area contributed by atoms with Gasteiger partial charge in [-0.1, -0.05) is 19.0 Å². The van der Waals surface area contributed by atoms with E-state index in [0.29, 0.717) is 24.9 Å². The molecule has 1 aromatic heterocycles. The molecule has 2 heterocycles. The van der Waals surface area contributed by atoms with Gasteiger partial charge in [0.15, 0.2) is 11.8 Å². The summed E-state index contributed by atoms with van der Waals surface area (Å²) < 4.78 is 10.7. The van der Waals surface area contributed by atoms with Crippen LogP contribution < -0.4 is 5.32 Å². The fourth-order valence-electron chi connectivity index (χ4n) is 2.68. The smallest absolute Gasteiger partial charge is 0.246 e. The molecule has 0 spiro atoms. The second-order valence-corrected chi connectivity index (χ2v) is 7.07. The third kappa shape index (κ3) is 4.01. The highest BCUT2D eigenvalue weighted by Crippen LogP contribution is 2.46. The first-order valence-electron chi connectivity index (χ1n) is 8.15. The summed E-state index contributed by atoms with van der Waals surface area (Å²) in [6.07, 6.45) is -0.160. The van der Waals surface area contributed by atoms with E-state index in [1.165, 1.54) is 0 Å². The SMILES string of the molecule is CCOC(C)c1noc(CNC(=NC)N2CC(C)(C)C2(C)C)n1.I. The van der Waals surface area contributed by atoms with Crippen molar-refractivity contribution in [3.63, 3.8) is 0 Å². The van der Waals surface area contributed by atoms with Crippen molar-refractivity contribution in [3.8, 4) is 0 Å². The van der Waals surface area contributed by atoms with Crippen LogP contribution in [0.1, 0.15) is 59.4 Å². The van der Waals surface area contributed by atoms with Crippen LogP contribution in [-0.4, -0.2) is 46.7 Å². The molecule has 1 aromatic rings. The van der Waals surface area contributed by atoms with Crippen molar-refractivity contribution in [2.24, 2.45) is 10.4 Å². The largest absolute Gasteiger partial charge is 0.371 e. The molecule has 1 unspecified atom stereocenters. The standard InChI is InChI=1S/C16H29N5O2.HI/c1-8-22-11(2)13-19-12(23-20-13)9-18-14(17-7)21-10-15(3,4)16(21,5)6;/h11H,8-10H2,1-7H3,(H,17,18);1H. The van der Waals surface area contributed by atoms with E-state index >= 15 is 0 Å². The number of halogens is 1. The van der Waals surface area contributed by atoms with Crippen molar-refractivity contribution in [1.82, 2.24) is 20.4 Å². The van der Waals surface area contributed by atoms with Crippen LogP contribution in [0.2, 0.25) is 0 Å². The molecule has 1 N–H and O–H groups in total. The van der Waals surface area contributed by atoms with Crippen LogP contribution in [0, 0.1) is 5.41 Å². The summed E-state index contributed by atoms with van der Waals surface area (Å²) in [5.41, 5.74) is 0.313. The van der Waals surface area contributed by atoms with Crippen LogP contribution >= 0.6 is 24.0 Å². The van der Waals surface area contributed by atoms with Gasteiger partial charge in [-0.25, -0.2) is 0 Å². The van der Waals surface area contributed by atoms with Gasteiger partial charge in [-0.05, 0) is 27.7 Å². The normalized spacial score (nSPS) is 20.1. The van der Waals surface area contributed by atoms with Crippen molar-refractivity contribution < 1.29 is 9.26 Å². The maximum atomic E-state index is 5.47. The maximum absolute atomic E-state index is 5.47. The first kappa shape index (κ1) is 21.1. The highest BCUT2D eigenvalue weighted by molar-refractivity contribution is 14.0. The van der Waals surface area contributed by atoms with Crippen molar-refractivity contribution in [1.29, 1.82) is 0 Å². The molecule has 1 aliphatic heterocycles. The van der Waals surface area contributed by atoms with Gasteiger partial charge >= 0.3 is 0 Å². The van der Waals surface area contributed by atoms with Crippen LogP contribution in [0.5, 0.6) is 0 Å². The minimum Gasteiger partial charge on any atom is -0.371 e. The lowest BCUT2D eigenvalue weighted by Crippen LogP contribution is -2.72. The Kier molecular flexibility index (Phi) is 7.04. The minimum atomic E-state index is -0.160. The Morgan fingerprint density at radius 1 is 1.42 bits per heavy atom. The number of ether oxygens (including phenoxy) is 1. The Hall–Kier alpha value is -0.900. The summed E-state index contributed by atoms with van der Waals surface area (Å²) in [7, 11) is 1.79. The monoisotopic (exact) mass is 451 g/mol. The first-order chi connectivity index (χ1) is 10.7. The number of likely N-dealkylation sites (tertiary alicyclic amines) is 1. The number of rotatable bonds is 5. The zero-order chi connectivity index (χ0) is 17.3. The van der Waals surface area contributed by atoms with Gasteiger partial charge in [0.05, 0.1) is 6.54 Å². The van der Waals surface area contributed by atoms with E-state index < -0.39 is 0 Å². The molecule has 24 heavy (non-hydrogen) atoms. The molecule has 0 aromatic carbocycles. The second kappa shape index (κ2) is 7.99. The van der Waals surface area contributed by atoms with Gasteiger partial charge < -0.3 is 19.5 Å². The Balaban J connectivity index is 0.00000288. The molecule has 0 radical (unpaired) electrons. The molecule has 1 saturated heterocycles. The predicted octanol–water partition coefficient (Wildman–Crippen LogP) is 2.98. The summed E-state index contributed by atoms with van der Waals surface area (Å²) >= 11 is 0. The average molecular weight is 451 g/mol. The van der Waals surface area contributed by atoms with Gasteiger partial charge in [-0.15, -0.1) is 24.0 Å². The van der Waals surface area contributed by atoms with E-state index in [0.717, 1.165) is 12.5 Å². The fraction of sp³-hybridized carbons (Fsp3) is 0.812. The fourth-order valence-corrected chi connectivity index (χ4v) is 2.68. The van der Waals surface area contributed by atoms with Crippen LogP contribution in [0.3, 0.4) is 0 Å². The topological polar surface area (TPSA) is 75.8 Å².